The molecule has 1 unspecified atom stereocenters. The van der Waals surface area contributed by atoms with E-state index in [4.69, 9.17) is 11.6 Å². The van der Waals surface area contributed by atoms with E-state index < -0.39 is 0 Å². The van der Waals surface area contributed by atoms with Crippen molar-refractivity contribution in [3.8, 4) is 0 Å². The van der Waals surface area contributed by atoms with Crippen LogP contribution in [0.15, 0.2) is 42.6 Å². The highest BCUT2D eigenvalue weighted by Gasteiger charge is 2.19. The van der Waals surface area contributed by atoms with Crippen molar-refractivity contribution in [2.45, 2.75) is 25.4 Å². The third kappa shape index (κ3) is 3.34. The van der Waals surface area contributed by atoms with Crippen LogP contribution >= 0.6 is 11.6 Å². The zero-order valence-electron chi connectivity index (χ0n) is 11.5. The third-order valence-corrected chi connectivity index (χ3v) is 3.96. The fraction of sp³-hybridized carbons (Fsp3) is 0.250. The summed E-state index contributed by atoms with van der Waals surface area (Å²) in [6.45, 7) is 0.849. The predicted octanol–water partition coefficient (Wildman–Crippen LogP) is 2.68. The number of halogens is 1. The van der Waals surface area contributed by atoms with Gasteiger partial charge >= 0.3 is 0 Å². The van der Waals surface area contributed by atoms with Crippen LogP contribution in [-0.4, -0.2) is 21.7 Å². The van der Waals surface area contributed by atoms with Gasteiger partial charge in [0.1, 0.15) is 0 Å². The molecule has 0 spiro atoms. The normalized spacial score (nSPS) is 17.7. The quantitative estimate of drug-likeness (QED) is 0.886. The van der Waals surface area contributed by atoms with Gasteiger partial charge in [0.15, 0.2) is 0 Å². The number of hydrogen-bond donors (Lipinski definition) is 1. The minimum Gasteiger partial charge on any atom is -0.349 e. The number of aryl methyl sites for hydroxylation is 1. The first-order valence-electron chi connectivity index (χ1n) is 6.96. The van der Waals surface area contributed by atoms with E-state index in [9.17, 15) is 4.79 Å². The average molecular weight is 302 g/mol. The summed E-state index contributed by atoms with van der Waals surface area (Å²) in [4.78, 5) is 12.0. The molecule has 5 heteroatoms. The van der Waals surface area contributed by atoms with E-state index in [1.807, 2.05) is 28.9 Å². The molecule has 1 aromatic heterocycles. The highest BCUT2D eigenvalue weighted by molar-refractivity contribution is 6.32. The molecular formula is C16H16ClN3O. The van der Waals surface area contributed by atoms with Gasteiger partial charge in [-0.2, -0.15) is 5.10 Å². The molecule has 1 N–H and O–H groups in total. The van der Waals surface area contributed by atoms with Gasteiger partial charge in [-0.05, 0) is 30.2 Å². The fourth-order valence-electron chi connectivity index (χ4n) is 2.52. The lowest BCUT2D eigenvalue weighted by atomic mass is 10.0. The first-order valence-corrected chi connectivity index (χ1v) is 7.34. The number of nitrogens with one attached hydrogen (secondary N) is 1. The molecule has 1 aliphatic rings. The number of aromatic nitrogens is 2. The Morgan fingerprint density at radius 1 is 1.38 bits per heavy atom. The Kier molecular flexibility index (Phi) is 4.06. The van der Waals surface area contributed by atoms with Gasteiger partial charge in [0.2, 0.25) is 5.91 Å². The number of carbonyl (C=O) groups is 1. The second kappa shape index (κ2) is 6.14. The first-order chi connectivity index (χ1) is 10.2. The molecule has 1 aliphatic heterocycles. The third-order valence-electron chi connectivity index (χ3n) is 3.62. The van der Waals surface area contributed by atoms with Crippen molar-refractivity contribution in [2.24, 2.45) is 0 Å². The van der Waals surface area contributed by atoms with Gasteiger partial charge in [0.05, 0.1) is 0 Å². The van der Waals surface area contributed by atoms with E-state index in [1.54, 1.807) is 18.3 Å². The van der Waals surface area contributed by atoms with Crippen molar-refractivity contribution in [1.82, 2.24) is 15.1 Å². The standard InChI is InChI=1S/C16H16ClN3O/c17-15-4-2-1-3-12(15)5-6-16(21)19-13-8-10-20-14(11-13)7-9-18-20/h1-7,9,13H,8,10-11H2,(H,19,21). The molecule has 0 fully saturated rings. The summed E-state index contributed by atoms with van der Waals surface area (Å²) < 4.78 is 1.99. The van der Waals surface area contributed by atoms with Crippen LogP contribution in [0.1, 0.15) is 17.7 Å². The maximum atomic E-state index is 12.0. The lowest BCUT2D eigenvalue weighted by Gasteiger charge is -2.23. The number of hydrogen-bond acceptors (Lipinski definition) is 2. The Balaban J connectivity index is 1.59. The molecule has 108 valence electrons. The fourth-order valence-corrected chi connectivity index (χ4v) is 2.71. The van der Waals surface area contributed by atoms with E-state index >= 15 is 0 Å². The van der Waals surface area contributed by atoms with Crippen molar-refractivity contribution in [3.63, 3.8) is 0 Å². The Hall–Kier alpha value is -2.07. The van der Waals surface area contributed by atoms with Crippen LogP contribution in [0.5, 0.6) is 0 Å². The number of benzene rings is 1. The van der Waals surface area contributed by atoms with Gasteiger partial charge in [-0.1, -0.05) is 29.8 Å². The summed E-state index contributed by atoms with van der Waals surface area (Å²) in [7, 11) is 0. The maximum Gasteiger partial charge on any atom is 0.244 e. The van der Waals surface area contributed by atoms with Gasteiger partial charge in [0, 0.05) is 42.0 Å². The van der Waals surface area contributed by atoms with Gasteiger partial charge in [-0.15, -0.1) is 0 Å². The molecule has 2 heterocycles. The van der Waals surface area contributed by atoms with Crippen molar-refractivity contribution in [2.75, 3.05) is 0 Å². The van der Waals surface area contributed by atoms with Crippen LogP contribution in [0.2, 0.25) is 5.02 Å². The van der Waals surface area contributed by atoms with Crippen LogP contribution in [0.3, 0.4) is 0 Å². The van der Waals surface area contributed by atoms with E-state index in [-0.39, 0.29) is 11.9 Å². The second-order valence-corrected chi connectivity index (χ2v) is 5.51. The zero-order chi connectivity index (χ0) is 14.7. The average Bonchev–Trinajstić information content (AvgIpc) is 2.94. The van der Waals surface area contributed by atoms with Crippen molar-refractivity contribution < 1.29 is 4.79 Å². The van der Waals surface area contributed by atoms with Crippen LogP contribution in [0.4, 0.5) is 0 Å². The van der Waals surface area contributed by atoms with Gasteiger partial charge in [-0.3, -0.25) is 9.48 Å². The highest BCUT2D eigenvalue weighted by Crippen LogP contribution is 2.16. The predicted molar refractivity (Wildman–Crippen MR) is 83.0 cm³/mol. The molecule has 0 saturated heterocycles. The smallest absolute Gasteiger partial charge is 0.244 e. The largest absolute Gasteiger partial charge is 0.349 e. The van der Waals surface area contributed by atoms with Crippen molar-refractivity contribution in [1.29, 1.82) is 0 Å². The van der Waals surface area contributed by atoms with Crippen LogP contribution in [0.25, 0.3) is 6.08 Å². The summed E-state index contributed by atoms with van der Waals surface area (Å²) in [5.41, 5.74) is 2.01. The van der Waals surface area contributed by atoms with Crippen LogP contribution in [0, 0.1) is 0 Å². The van der Waals surface area contributed by atoms with Gasteiger partial charge in [-0.25, -0.2) is 0 Å². The van der Waals surface area contributed by atoms with E-state index in [0.29, 0.717) is 5.02 Å². The number of amides is 1. The Morgan fingerprint density at radius 3 is 3.10 bits per heavy atom. The summed E-state index contributed by atoms with van der Waals surface area (Å²) in [5.74, 6) is -0.0899. The molecule has 1 aromatic carbocycles. The summed E-state index contributed by atoms with van der Waals surface area (Å²) in [5, 5.41) is 7.90. The van der Waals surface area contributed by atoms with Crippen molar-refractivity contribution >= 4 is 23.6 Å². The number of nitrogens with zero attached hydrogens (tertiary/aromatic N) is 2. The van der Waals surface area contributed by atoms with E-state index in [2.05, 4.69) is 10.4 Å². The molecule has 21 heavy (non-hydrogen) atoms. The number of rotatable bonds is 3. The lowest BCUT2D eigenvalue weighted by molar-refractivity contribution is -0.117. The number of carbonyl (C=O) groups excluding carboxylic acids is 1. The molecule has 0 saturated carbocycles. The summed E-state index contributed by atoms with van der Waals surface area (Å²) in [6.07, 6.45) is 6.81. The van der Waals surface area contributed by atoms with E-state index in [1.165, 1.54) is 11.8 Å². The minimum absolute atomic E-state index is 0.0899. The molecule has 0 radical (unpaired) electrons. The highest BCUT2D eigenvalue weighted by atomic mass is 35.5. The maximum absolute atomic E-state index is 12.0. The van der Waals surface area contributed by atoms with E-state index in [0.717, 1.165) is 24.9 Å². The topological polar surface area (TPSA) is 46.9 Å². The summed E-state index contributed by atoms with van der Waals surface area (Å²) >= 11 is 6.05. The molecule has 4 nitrogen and oxygen atoms in total. The zero-order valence-corrected chi connectivity index (χ0v) is 12.3. The van der Waals surface area contributed by atoms with Crippen LogP contribution in [-0.2, 0) is 17.8 Å². The van der Waals surface area contributed by atoms with Gasteiger partial charge < -0.3 is 5.32 Å². The monoisotopic (exact) mass is 301 g/mol. The first kappa shape index (κ1) is 13.9. The SMILES string of the molecule is O=C(C=Cc1ccccc1Cl)NC1CCn2nccc2C1. The Morgan fingerprint density at radius 2 is 2.24 bits per heavy atom. The number of fused-ring (bicyclic) bond motifs is 1. The lowest BCUT2D eigenvalue weighted by Crippen LogP contribution is -2.39. The summed E-state index contributed by atoms with van der Waals surface area (Å²) in [6, 6.07) is 9.61. The van der Waals surface area contributed by atoms with Crippen molar-refractivity contribution in [3.05, 3.63) is 58.9 Å². The molecule has 0 aliphatic carbocycles. The molecule has 3 rings (SSSR count). The Bertz CT molecular complexity index is 678. The minimum atomic E-state index is -0.0899. The molecule has 0 bridgehead atoms. The molecule has 1 atom stereocenters. The second-order valence-electron chi connectivity index (χ2n) is 5.10. The molecule has 2 aromatic rings. The molecular weight excluding hydrogens is 286 g/mol. The molecule has 1 amide bonds. The van der Waals surface area contributed by atoms with Gasteiger partial charge in [0.25, 0.3) is 0 Å². The Labute approximate surface area is 128 Å². The van der Waals surface area contributed by atoms with Crippen LogP contribution < -0.4 is 5.32 Å².